The number of rotatable bonds is 8. The molecule has 188 valence electrons. The maximum Gasteiger partial charge on any atom is 0.231 e. The van der Waals surface area contributed by atoms with Crippen molar-refractivity contribution in [2.45, 2.75) is 45.1 Å². The number of benzene rings is 3. The lowest BCUT2D eigenvalue weighted by atomic mass is 9.95. The Morgan fingerprint density at radius 3 is 2.46 bits per heavy atom. The molecule has 5 rings (SSSR count). The quantitative estimate of drug-likeness (QED) is 0.302. The van der Waals surface area contributed by atoms with E-state index in [9.17, 15) is 9.59 Å². The lowest BCUT2D eigenvalue weighted by Gasteiger charge is -2.26. The summed E-state index contributed by atoms with van der Waals surface area (Å²) in [5.41, 5.74) is 4.89. The molecule has 5 heteroatoms. The van der Waals surface area contributed by atoms with Crippen LogP contribution in [0.2, 0.25) is 0 Å². The molecule has 1 aromatic heterocycles. The average Bonchev–Trinajstić information content (AvgIpc) is 3.37. The van der Waals surface area contributed by atoms with Crippen molar-refractivity contribution in [2.24, 2.45) is 0 Å². The second kappa shape index (κ2) is 11.3. The first-order chi connectivity index (χ1) is 18.1. The minimum Gasteiger partial charge on any atom is -0.461 e. The van der Waals surface area contributed by atoms with Crippen molar-refractivity contribution in [1.82, 2.24) is 4.90 Å². The minimum absolute atomic E-state index is 0.0192. The number of anilines is 1. The molecule has 0 saturated carbocycles. The number of nitrogens with zero attached hydrogens (tertiary/aromatic N) is 1. The zero-order chi connectivity index (χ0) is 25.6. The summed E-state index contributed by atoms with van der Waals surface area (Å²) in [6.45, 7) is 3.26. The van der Waals surface area contributed by atoms with E-state index in [1.165, 1.54) is 5.56 Å². The van der Waals surface area contributed by atoms with Crippen LogP contribution in [0.3, 0.4) is 0 Å². The first-order valence-corrected chi connectivity index (χ1v) is 13.0. The van der Waals surface area contributed by atoms with Crippen LogP contribution < -0.4 is 5.32 Å². The van der Waals surface area contributed by atoms with Crippen LogP contribution in [0.5, 0.6) is 0 Å². The molecule has 0 aliphatic carbocycles. The van der Waals surface area contributed by atoms with Gasteiger partial charge in [-0.2, -0.15) is 0 Å². The van der Waals surface area contributed by atoms with E-state index in [1.807, 2.05) is 90.7 Å². The number of hydrogen-bond acceptors (Lipinski definition) is 3. The normalized spacial score (nSPS) is 13.6. The molecule has 2 heterocycles. The first-order valence-electron chi connectivity index (χ1n) is 13.0. The molecule has 0 radical (unpaired) electrons. The van der Waals surface area contributed by atoms with Crippen LogP contribution in [0.4, 0.5) is 5.69 Å². The third kappa shape index (κ3) is 5.83. The van der Waals surface area contributed by atoms with E-state index < -0.39 is 0 Å². The van der Waals surface area contributed by atoms with E-state index in [2.05, 4.69) is 17.4 Å². The SMILES string of the molecule is CCC(C(=O)Nc1cccc(-c2cc3c(o2)CCN(C(=O)CCc2ccccc2)C3)c1)c1ccccc1. The van der Waals surface area contributed by atoms with E-state index in [0.29, 0.717) is 25.9 Å². The molecule has 0 saturated heterocycles. The van der Waals surface area contributed by atoms with Crippen molar-refractivity contribution >= 4 is 17.5 Å². The van der Waals surface area contributed by atoms with Crippen LogP contribution in [0, 0.1) is 0 Å². The van der Waals surface area contributed by atoms with Crippen LogP contribution in [-0.2, 0) is 29.0 Å². The van der Waals surface area contributed by atoms with Gasteiger partial charge in [-0.3, -0.25) is 9.59 Å². The van der Waals surface area contributed by atoms with Gasteiger partial charge in [0.15, 0.2) is 0 Å². The molecule has 37 heavy (non-hydrogen) atoms. The number of furan rings is 1. The van der Waals surface area contributed by atoms with E-state index in [4.69, 9.17) is 4.42 Å². The van der Waals surface area contributed by atoms with Gasteiger partial charge in [0.05, 0.1) is 5.92 Å². The summed E-state index contributed by atoms with van der Waals surface area (Å²) in [4.78, 5) is 27.8. The number of hydrogen-bond donors (Lipinski definition) is 1. The fraction of sp³-hybridized carbons (Fsp3) is 0.250. The van der Waals surface area contributed by atoms with E-state index in [-0.39, 0.29) is 17.7 Å². The van der Waals surface area contributed by atoms with Crippen LogP contribution in [0.15, 0.2) is 95.4 Å². The van der Waals surface area contributed by atoms with Crippen LogP contribution in [0.25, 0.3) is 11.3 Å². The fourth-order valence-corrected chi connectivity index (χ4v) is 4.98. The number of aryl methyl sites for hydroxylation is 1. The van der Waals surface area contributed by atoms with Gasteiger partial charge < -0.3 is 14.6 Å². The molecule has 2 amide bonds. The Kier molecular flexibility index (Phi) is 7.50. The Labute approximate surface area is 218 Å². The van der Waals surface area contributed by atoms with Crippen LogP contribution in [0.1, 0.15) is 48.1 Å². The topological polar surface area (TPSA) is 62.6 Å². The van der Waals surface area contributed by atoms with E-state index >= 15 is 0 Å². The lowest BCUT2D eigenvalue weighted by molar-refractivity contribution is -0.132. The molecule has 0 fully saturated rings. The number of carbonyl (C=O) groups is 2. The highest BCUT2D eigenvalue weighted by atomic mass is 16.3. The second-order valence-electron chi connectivity index (χ2n) is 9.55. The van der Waals surface area contributed by atoms with Crippen molar-refractivity contribution < 1.29 is 14.0 Å². The van der Waals surface area contributed by atoms with Crippen molar-refractivity contribution in [3.8, 4) is 11.3 Å². The highest BCUT2D eigenvalue weighted by Crippen LogP contribution is 2.31. The number of nitrogens with one attached hydrogen (secondary N) is 1. The number of carbonyl (C=O) groups excluding carboxylic acids is 2. The standard InChI is InChI=1S/C32H32N2O3/c1-2-28(24-12-7-4-8-13-24)32(36)33-27-15-9-14-25(20-27)30-21-26-22-34(19-18-29(26)37-30)31(35)17-16-23-10-5-3-6-11-23/h3-15,20-21,28H,2,16-19,22H2,1H3,(H,33,36). The maximum absolute atomic E-state index is 13.0. The third-order valence-electron chi connectivity index (χ3n) is 7.03. The van der Waals surface area contributed by atoms with Crippen molar-refractivity contribution in [3.63, 3.8) is 0 Å². The predicted octanol–water partition coefficient (Wildman–Crippen LogP) is 6.60. The highest BCUT2D eigenvalue weighted by Gasteiger charge is 2.24. The lowest BCUT2D eigenvalue weighted by Crippen LogP contribution is -2.35. The van der Waals surface area contributed by atoms with Gasteiger partial charge in [-0.25, -0.2) is 0 Å². The molecular weight excluding hydrogens is 460 g/mol. The van der Waals surface area contributed by atoms with Crippen molar-refractivity contribution in [3.05, 3.63) is 113 Å². The Bertz CT molecular complexity index is 1360. The number of amides is 2. The maximum atomic E-state index is 13.0. The van der Waals surface area contributed by atoms with Gasteiger partial charge in [0.1, 0.15) is 11.5 Å². The molecule has 0 bridgehead atoms. The summed E-state index contributed by atoms with van der Waals surface area (Å²) >= 11 is 0. The zero-order valence-corrected chi connectivity index (χ0v) is 21.2. The molecule has 0 spiro atoms. The smallest absolute Gasteiger partial charge is 0.231 e. The Morgan fingerprint density at radius 2 is 1.70 bits per heavy atom. The monoisotopic (exact) mass is 492 g/mol. The van der Waals surface area contributed by atoms with Crippen LogP contribution >= 0.6 is 0 Å². The second-order valence-corrected chi connectivity index (χ2v) is 9.55. The molecule has 1 atom stereocenters. The summed E-state index contributed by atoms with van der Waals surface area (Å²) in [5, 5.41) is 3.08. The largest absolute Gasteiger partial charge is 0.461 e. The van der Waals surface area contributed by atoms with Gasteiger partial charge in [-0.1, -0.05) is 79.7 Å². The zero-order valence-electron chi connectivity index (χ0n) is 21.2. The summed E-state index contributed by atoms with van der Waals surface area (Å²) in [5.74, 6) is 1.65. The minimum atomic E-state index is -0.203. The summed E-state index contributed by atoms with van der Waals surface area (Å²) in [6.07, 6.45) is 2.69. The predicted molar refractivity (Wildman–Crippen MR) is 146 cm³/mol. The molecule has 1 unspecified atom stereocenters. The molecule has 1 aliphatic heterocycles. The molecule has 1 N–H and O–H groups in total. The van der Waals surface area contributed by atoms with Crippen molar-refractivity contribution in [2.75, 3.05) is 11.9 Å². The molecule has 5 nitrogen and oxygen atoms in total. The van der Waals surface area contributed by atoms with Crippen molar-refractivity contribution in [1.29, 1.82) is 0 Å². The third-order valence-corrected chi connectivity index (χ3v) is 7.03. The average molecular weight is 493 g/mol. The number of fused-ring (bicyclic) bond motifs is 1. The summed E-state index contributed by atoms with van der Waals surface area (Å²) < 4.78 is 6.20. The summed E-state index contributed by atoms with van der Waals surface area (Å²) in [6, 6.07) is 29.8. The van der Waals surface area contributed by atoms with Gasteiger partial charge >= 0.3 is 0 Å². The Balaban J connectivity index is 1.24. The van der Waals surface area contributed by atoms with Gasteiger partial charge in [-0.15, -0.1) is 0 Å². The van der Waals surface area contributed by atoms with Crippen LogP contribution in [-0.4, -0.2) is 23.3 Å². The molecule has 3 aromatic carbocycles. The van der Waals surface area contributed by atoms with Gasteiger partial charge in [0.25, 0.3) is 0 Å². The molecular formula is C32H32N2O3. The first kappa shape index (κ1) is 24.6. The molecule has 4 aromatic rings. The van der Waals surface area contributed by atoms with Gasteiger partial charge in [0.2, 0.25) is 11.8 Å². The fourth-order valence-electron chi connectivity index (χ4n) is 4.98. The van der Waals surface area contributed by atoms with E-state index in [1.54, 1.807) is 0 Å². The van der Waals surface area contributed by atoms with Gasteiger partial charge in [0, 0.05) is 42.7 Å². The molecule has 1 aliphatic rings. The Morgan fingerprint density at radius 1 is 0.946 bits per heavy atom. The summed E-state index contributed by atoms with van der Waals surface area (Å²) in [7, 11) is 0. The highest BCUT2D eigenvalue weighted by molar-refractivity contribution is 5.96. The van der Waals surface area contributed by atoms with E-state index in [0.717, 1.165) is 46.7 Å². The van der Waals surface area contributed by atoms with Gasteiger partial charge in [-0.05, 0) is 42.2 Å². The Hall–Kier alpha value is -4.12.